The first-order valence-corrected chi connectivity index (χ1v) is 9.60. The van der Waals surface area contributed by atoms with Gasteiger partial charge in [0.25, 0.3) is 0 Å². The lowest BCUT2D eigenvalue weighted by molar-refractivity contribution is -0.0487. The van der Waals surface area contributed by atoms with E-state index in [2.05, 4.69) is 11.0 Å². The van der Waals surface area contributed by atoms with Crippen LogP contribution in [0.1, 0.15) is 44.1 Å². The maximum atomic E-state index is 10.1. The molecule has 3 aliphatic heterocycles. The first-order chi connectivity index (χ1) is 12.3. The fourth-order valence-corrected chi connectivity index (χ4v) is 4.42. The van der Waals surface area contributed by atoms with Crippen LogP contribution in [-0.2, 0) is 11.3 Å². The zero-order valence-corrected chi connectivity index (χ0v) is 14.9. The van der Waals surface area contributed by atoms with Crippen LogP contribution in [0.4, 0.5) is 0 Å². The second kappa shape index (κ2) is 7.52. The average molecular weight is 347 g/mol. The maximum Gasteiger partial charge on any atom is 0.231 e. The Morgan fingerprint density at radius 2 is 2.04 bits per heavy atom. The summed E-state index contributed by atoms with van der Waals surface area (Å²) in [7, 11) is 0. The molecule has 0 saturated carbocycles. The highest BCUT2D eigenvalue weighted by Gasteiger charge is 2.37. The minimum Gasteiger partial charge on any atom is -0.454 e. The van der Waals surface area contributed by atoms with E-state index < -0.39 is 0 Å². The van der Waals surface area contributed by atoms with Crippen molar-refractivity contribution in [2.24, 2.45) is 5.41 Å². The molecule has 138 valence electrons. The van der Waals surface area contributed by atoms with Crippen molar-refractivity contribution in [2.75, 3.05) is 33.1 Å². The number of benzene rings is 1. The maximum absolute atomic E-state index is 10.1. The number of aliphatic hydroxyl groups is 1. The Kier molecular flexibility index (Phi) is 5.15. The van der Waals surface area contributed by atoms with Gasteiger partial charge in [-0.2, -0.15) is 0 Å². The molecule has 0 spiro atoms. The molecule has 4 rings (SSSR count). The lowest BCUT2D eigenvalue weighted by Crippen LogP contribution is -2.44. The van der Waals surface area contributed by atoms with Crippen molar-refractivity contribution in [2.45, 2.75) is 51.2 Å². The van der Waals surface area contributed by atoms with Gasteiger partial charge in [0.2, 0.25) is 6.79 Å². The van der Waals surface area contributed by atoms with Crippen LogP contribution in [0.15, 0.2) is 18.2 Å². The number of fused-ring (bicyclic) bond motifs is 1. The monoisotopic (exact) mass is 347 g/mol. The fourth-order valence-electron chi connectivity index (χ4n) is 4.42. The molecule has 0 amide bonds. The summed E-state index contributed by atoms with van der Waals surface area (Å²) in [4.78, 5) is 2.47. The summed E-state index contributed by atoms with van der Waals surface area (Å²) in [5, 5.41) is 10.1. The number of ether oxygens (including phenoxy) is 3. The van der Waals surface area contributed by atoms with Crippen LogP contribution >= 0.6 is 0 Å². The Labute approximate surface area is 149 Å². The van der Waals surface area contributed by atoms with E-state index in [1.807, 2.05) is 12.1 Å². The van der Waals surface area contributed by atoms with Crippen molar-refractivity contribution in [1.82, 2.24) is 4.90 Å². The standard InChI is InChI=1S/C20H29NO4/c22-14-20(12-17-5-1-2-11-23-17)7-9-21(10-8-20)13-16-4-3-6-18-19(16)25-15-24-18/h3-4,6,17,22H,1-2,5,7-15H2/t17-/m0/s1. The van der Waals surface area contributed by atoms with Crippen molar-refractivity contribution in [1.29, 1.82) is 0 Å². The summed E-state index contributed by atoms with van der Waals surface area (Å²) in [6.07, 6.45) is 7.03. The Bertz CT molecular complexity index is 577. The molecule has 2 saturated heterocycles. The number of aliphatic hydroxyl groups excluding tert-OH is 1. The zero-order valence-electron chi connectivity index (χ0n) is 14.9. The predicted octanol–water partition coefficient (Wildman–Crippen LogP) is 2.95. The van der Waals surface area contributed by atoms with E-state index in [0.717, 1.165) is 63.4 Å². The van der Waals surface area contributed by atoms with Crippen LogP contribution in [0.2, 0.25) is 0 Å². The van der Waals surface area contributed by atoms with Gasteiger partial charge in [0, 0.05) is 25.3 Å². The summed E-state index contributed by atoms with van der Waals surface area (Å²) in [6.45, 7) is 4.39. The minimum atomic E-state index is 0.0384. The molecule has 1 N–H and O–H groups in total. The molecule has 0 aliphatic carbocycles. The predicted molar refractivity (Wildman–Crippen MR) is 94.8 cm³/mol. The average Bonchev–Trinajstić information content (AvgIpc) is 3.14. The van der Waals surface area contributed by atoms with Crippen LogP contribution in [-0.4, -0.2) is 49.2 Å². The first-order valence-electron chi connectivity index (χ1n) is 9.60. The highest BCUT2D eigenvalue weighted by molar-refractivity contribution is 5.48. The number of para-hydroxylation sites is 1. The van der Waals surface area contributed by atoms with Gasteiger partial charge in [0.15, 0.2) is 11.5 Å². The molecule has 5 nitrogen and oxygen atoms in total. The number of rotatable bonds is 5. The van der Waals surface area contributed by atoms with Crippen LogP contribution < -0.4 is 9.47 Å². The van der Waals surface area contributed by atoms with Gasteiger partial charge in [-0.3, -0.25) is 4.90 Å². The Balaban J connectivity index is 1.35. The van der Waals surface area contributed by atoms with E-state index in [9.17, 15) is 5.11 Å². The zero-order chi connectivity index (χ0) is 17.1. The van der Waals surface area contributed by atoms with E-state index in [1.165, 1.54) is 18.4 Å². The third-order valence-electron chi connectivity index (χ3n) is 6.06. The lowest BCUT2D eigenvalue weighted by atomic mass is 9.74. The van der Waals surface area contributed by atoms with E-state index in [-0.39, 0.29) is 12.0 Å². The molecule has 0 aromatic heterocycles. The molecule has 3 aliphatic rings. The third kappa shape index (κ3) is 3.78. The van der Waals surface area contributed by atoms with Gasteiger partial charge in [0.1, 0.15) is 0 Å². The first kappa shape index (κ1) is 17.1. The van der Waals surface area contributed by atoms with Gasteiger partial charge in [-0.1, -0.05) is 12.1 Å². The third-order valence-corrected chi connectivity index (χ3v) is 6.06. The van der Waals surface area contributed by atoms with Gasteiger partial charge in [-0.15, -0.1) is 0 Å². The van der Waals surface area contributed by atoms with E-state index in [4.69, 9.17) is 14.2 Å². The van der Waals surface area contributed by atoms with Crippen molar-refractivity contribution in [3.05, 3.63) is 23.8 Å². The molecule has 1 aromatic carbocycles. The highest BCUT2D eigenvalue weighted by atomic mass is 16.7. The molecule has 2 fully saturated rings. The second-order valence-corrected chi connectivity index (χ2v) is 7.78. The molecule has 3 heterocycles. The number of likely N-dealkylation sites (tertiary alicyclic amines) is 1. The summed E-state index contributed by atoms with van der Waals surface area (Å²) in [5.41, 5.74) is 1.23. The summed E-state index contributed by atoms with van der Waals surface area (Å²) >= 11 is 0. The molecule has 0 unspecified atom stereocenters. The van der Waals surface area contributed by atoms with Gasteiger partial charge in [-0.25, -0.2) is 0 Å². The Morgan fingerprint density at radius 1 is 1.16 bits per heavy atom. The second-order valence-electron chi connectivity index (χ2n) is 7.78. The van der Waals surface area contributed by atoms with Crippen molar-refractivity contribution >= 4 is 0 Å². The number of hydrogen-bond donors (Lipinski definition) is 1. The molecule has 5 heteroatoms. The Morgan fingerprint density at radius 3 is 2.80 bits per heavy atom. The topological polar surface area (TPSA) is 51.2 Å². The van der Waals surface area contributed by atoms with Crippen LogP contribution in [0, 0.1) is 5.41 Å². The molecule has 25 heavy (non-hydrogen) atoms. The largest absolute Gasteiger partial charge is 0.454 e. The number of hydrogen-bond acceptors (Lipinski definition) is 5. The molecular weight excluding hydrogens is 318 g/mol. The quantitative estimate of drug-likeness (QED) is 0.887. The van der Waals surface area contributed by atoms with Crippen molar-refractivity contribution in [3.63, 3.8) is 0 Å². The molecule has 0 radical (unpaired) electrons. The van der Waals surface area contributed by atoms with Crippen molar-refractivity contribution in [3.8, 4) is 11.5 Å². The van der Waals surface area contributed by atoms with E-state index in [0.29, 0.717) is 12.9 Å². The van der Waals surface area contributed by atoms with Crippen LogP contribution in [0.5, 0.6) is 11.5 Å². The van der Waals surface area contributed by atoms with Crippen molar-refractivity contribution < 1.29 is 19.3 Å². The van der Waals surface area contributed by atoms with Gasteiger partial charge in [-0.05, 0) is 63.1 Å². The van der Waals surface area contributed by atoms with Gasteiger partial charge >= 0.3 is 0 Å². The molecule has 1 aromatic rings. The summed E-state index contributed by atoms with van der Waals surface area (Å²) in [5.74, 6) is 1.76. The normalized spacial score (nSPS) is 25.9. The van der Waals surface area contributed by atoms with E-state index in [1.54, 1.807) is 0 Å². The summed E-state index contributed by atoms with van der Waals surface area (Å²) in [6, 6.07) is 6.12. The summed E-state index contributed by atoms with van der Waals surface area (Å²) < 4.78 is 17.0. The SMILES string of the molecule is OCC1(C[C@@H]2CCCCO2)CCN(Cc2cccc3c2OCO3)CC1. The van der Waals surface area contributed by atoms with Gasteiger partial charge < -0.3 is 19.3 Å². The fraction of sp³-hybridized carbons (Fsp3) is 0.700. The smallest absolute Gasteiger partial charge is 0.231 e. The molecular formula is C20H29NO4. The molecule has 0 bridgehead atoms. The van der Waals surface area contributed by atoms with Crippen LogP contribution in [0.3, 0.4) is 0 Å². The van der Waals surface area contributed by atoms with E-state index >= 15 is 0 Å². The van der Waals surface area contributed by atoms with Gasteiger partial charge in [0.05, 0.1) is 6.10 Å². The highest BCUT2D eigenvalue weighted by Crippen LogP contribution is 2.40. The minimum absolute atomic E-state index is 0.0384. The number of piperidine rings is 1. The lowest BCUT2D eigenvalue weighted by Gasteiger charge is -2.43. The Hall–Kier alpha value is -1.30. The number of nitrogens with zero attached hydrogens (tertiary/aromatic N) is 1. The molecule has 1 atom stereocenters. The van der Waals surface area contributed by atoms with Crippen LogP contribution in [0.25, 0.3) is 0 Å².